The average molecular weight is 327 g/mol. The van der Waals surface area contributed by atoms with Crippen LogP contribution in [-0.4, -0.2) is 24.8 Å². The quantitative estimate of drug-likeness (QED) is 0.790. The Bertz CT molecular complexity index is 684. The van der Waals surface area contributed by atoms with E-state index in [1.807, 2.05) is 48.2 Å². The van der Waals surface area contributed by atoms with E-state index in [0.717, 1.165) is 35.7 Å². The number of fused-ring (bicyclic) bond motifs is 1. The summed E-state index contributed by atoms with van der Waals surface area (Å²) in [5, 5.41) is -0.116. The highest BCUT2D eigenvalue weighted by atomic mass is 32.2. The number of thioether (sulfide) groups is 1. The molecule has 2 aromatic rings. The van der Waals surface area contributed by atoms with E-state index in [1.165, 1.54) is 5.56 Å². The third-order valence-corrected chi connectivity index (χ3v) is 5.20. The molecule has 0 saturated carbocycles. The van der Waals surface area contributed by atoms with Crippen LogP contribution in [0, 0.1) is 0 Å². The number of ether oxygens (including phenoxy) is 1. The molecule has 1 heterocycles. The van der Waals surface area contributed by atoms with Crippen molar-refractivity contribution < 1.29 is 9.53 Å². The molecule has 1 aliphatic heterocycles. The monoisotopic (exact) mass is 327 g/mol. The Kier molecular flexibility index (Phi) is 4.91. The van der Waals surface area contributed by atoms with Gasteiger partial charge in [0.15, 0.2) is 0 Å². The molecule has 0 radical (unpaired) electrons. The Morgan fingerprint density at radius 1 is 1.17 bits per heavy atom. The normalized spacial score (nSPS) is 15.0. The summed E-state index contributed by atoms with van der Waals surface area (Å²) in [5.74, 6) is 1.01. The second kappa shape index (κ2) is 7.09. The van der Waals surface area contributed by atoms with Gasteiger partial charge in [0.05, 0.1) is 12.4 Å². The molecule has 120 valence electrons. The van der Waals surface area contributed by atoms with Gasteiger partial charge in [-0.3, -0.25) is 4.79 Å². The first-order chi connectivity index (χ1) is 11.2. The first-order valence-corrected chi connectivity index (χ1v) is 8.77. The number of benzene rings is 2. The molecule has 1 aliphatic rings. The number of carbonyl (C=O) groups is 1. The molecule has 0 fully saturated rings. The van der Waals surface area contributed by atoms with E-state index >= 15 is 0 Å². The zero-order valence-electron chi connectivity index (χ0n) is 13.5. The number of hydrogen-bond donors (Lipinski definition) is 0. The smallest absolute Gasteiger partial charge is 0.240 e. The predicted octanol–water partition coefficient (Wildman–Crippen LogP) is 4.16. The van der Waals surface area contributed by atoms with E-state index in [2.05, 4.69) is 12.1 Å². The molecule has 2 aromatic carbocycles. The van der Waals surface area contributed by atoms with Crippen molar-refractivity contribution >= 4 is 23.4 Å². The van der Waals surface area contributed by atoms with Crippen LogP contribution in [0.1, 0.15) is 18.9 Å². The Labute approximate surface area is 141 Å². The van der Waals surface area contributed by atoms with Crippen molar-refractivity contribution in [2.75, 3.05) is 18.6 Å². The Hall–Kier alpha value is -1.94. The summed E-state index contributed by atoms with van der Waals surface area (Å²) >= 11 is 1.59. The maximum absolute atomic E-state index is 12.9. The fraction of sp³-hybridized carbons (Fsp3) is 0.316. The molecule has 1 atom stereocenters. The zero-order valence-corrected chi connectivity index (χ0v) is 14.3. The first kappa shape index (κ1) is 15.9. The third kappa shape index (κ3) is 3.53. The van der Waals surface area contributed by atoms with Crippen LogP contribution in [0.2, 0.25) is 0 Å². The number of carbonyl (C=O) groups excluding carboxylic acids is 1. The van der Waals surface area contributed by atoms with Crippen molar-refractivity contribution in [2.24, 2.45) is 0 Å². The summed E-state index contributed by atoms with van der Waals surface area (Å²) in [6, 6.07) is 16.1. The molecule has 1 unspecified atom stereocenters. The molecule has 1 amide bonds. The van der Waals surface area contributed by atoms with Crippen LogP contribution in [-0.2, 0) is 11.2 Å². The minimum atomic E-state index is -0.116. The van der Waals surface area contributed by atoms with E-state index in [0.29, 0.717) is 0 Å². The molecule has 0 N–H and O–H groups in total. The highest BCUT2D eigenvalue weighted by Crippen LogP contribution is 2.31. The number of nitrogens with zero attached hydrogens (tertiary/aromatic N) is 1. The van der Waals surface area contributed by atoms with Crippen LogP contribution in [0.25, 0.3) is 0 Å². The van der Waals surface area contributed by atoms with Crippen molar-refractivity contribution in [3.8, 4) is 5.75 Å². The predicted molar refractivity (Wildman–Crippen MR) is 95.4 cm³/mol. The lowest BCUT2D eigenvalue weighted by Crippen LogP contribution is -2.40. The van der Waals surface area contributed by atoms with Crippen molar-refractivity contribution in [1.29, 1.82) is 0 Å². The van der Waals surface area contributed by atoms with Gasteiger partial charge in [-0.1, -0.05) is 18.2 Å². The molecule has 0 spiro atoms. The van der Waals surface area contributed by atoms with E-state index in [-0.39, 0.29) is 11.2 Å². The van der Waals surface area contributed by atoms with E-state index < -0.39 is 0 Å². The van der Waals surface area contributed by atoms with Crippen molar-refractivity contribution in [3.63, 3.8) is 0 Å². The molecular formula is C19H21NO2S. The molecule has 23 heavy (non-hydrogen) atoms. The third-order valence-electron chi connectivity index (χ3n) is 4.10. The van der Waals surface area contributed by atoms with Gasteiger partial charge in [-0.2, -0.15) is 0 Å². The summed E-state index contributed by atoms with van der Waals surface area (Å²) in [5.41, 5.74) is 2.35. The van der Waals surface area contributed by atoms with E-state index in [1.54, 1.807) is 18.9 Å². The zero-order chi connectivity index (χ0) is 16.2. The minimum Gasteiger partial charge on any atom is -0.497 e. The second-order valence-electron chi connectivity index (χ2n) is 5.66. The summed E-state index contributed by atoms with van der Waals surface area (Å²) < 4.78 is 5.17. The molecular weight excluding hydrogens is 306 g/mol. The van der Waals surface area contributed by atoms with Gasteiger partial charge in [-0.25, -0.2) is 0 Å². The number of aryl methyl sites for hydroxylation is 1. The highest BCUT2D eigenvalue weighted by molar-refractivity contribution is 8.00. The van der Waals surface area contributed by atoms with Gasteiger partial charge in [0, 0.05) is 17.1 Å². The van der Waals surface area contributed by atoms with Crippen LogP contribution >= 0.6 is 11.8 Å². The molecule has 0 aliphatic carbocycles. The number of rotatable bonds is 4. The molecule has 0 saturated heterocycles. The van der Waals surface area contributed by atoms with Crippen LogP contribution < -0.4 is 9.64 Å². The summed E-state index contributed by atoms with van der Waals surface area (Å²) in [6.07, 6.45) is 2.09. The largest absolute Gasteiger partial charge is 0.497 e. The molecule has 4 heteroatoms. The Morgan fingerprint density at radius 2 is 1.91 bits per heavy atom. The van der Waals surface area contributed by atoms with Gasteiger partial charge in [0.1, 0.15) is 5.75 Å². The van der Waals surface area contributed by atoms with Gasteiger partial charge in [-0.05, 0) is 55.7 Å². The van der Waals surface area contributed by atoms with Crippen LogP contribution in [0.4, 0.5) is 5.69 Å². The second-order valence-corrected chi connectivity index (χ2v) is 7.07. The maximum atomic E-state index is 12.9. The number of anilines is 1. The summed E-state index contributed by atoms with van der Waals surface area (Å²) in [6.45, 7) is 2.79. The molecule has 0 aromatic heterocycles. The summed E-state index contributed by atoms with van der Waals surface area (Å²) in [4.78, 5) is 15.9. The van der Waals surface area contributed by atoms with Crippen molar-refractivity contribution in [3.05, 3.63) is 54.1 Å². The number of methoxy groups -OCH3 is 1. The Morgan fingerprint density at radius 3 is 2.65 bits per heavy atom. The van der Waals surface area contributed by atoms with Crippen molar-refractivity contribution in [1.82, 2.24) is 0 Å². The maximum Gasteiger partial charge on any atom is 0.240 e. The van der Waals surface area contributed by atoms with Crippen LogP contribution in [0.15, 0.2) is 53.4 Å². The molecule has 0 bridgehead atoms. The number of para-hydroxylation sites is 1. The van der Waals surface area contributed by atoms with Crippen LogP contribution in [0.3, 0.4) is 0 Å². The molecule has 3 nitrogen and oxygen atoms in total. The lowest BCUT2D eigenvalue weighted by Gasteiger charge is -2.31. The molecule has 3 rings (SSSR count). The Balaban J connectivity index is 1.72. The van der Waals surface area contributed by atoms with Gasteiger partial charge < -0.3 is 9.64 Å². The number of amides is 1. The SMILES string of the molecule is COc1ccc(SC(C)C(=O)N2CCCc3ccccc32)cc1. The van der Waals surface area contributed by atoms with E-state index in [9.17, 15) is 4.79 Å². The summed E-state index contributed by atoms with van der Waals surface area (Å²) in [7, 11) is 1.65. The fourth-order valence-corrected chi connectivity index (χ4v) is 3.82. The lowest BCUT2D eigenvalue weighted by atomic mass is 10.0. The topological polar surface area (TPSA) is 29.5 Å². The fourth-order valence-electron chi connectivity index (χ4n) is 2.89. The minimum absolute atomic E-state index is 0.116. The average Bonchev–Trinajstić information content (AvgIpc) is 2.61. The first-order valence-electron chi connectivity index (χ1n) is 7.89. The van der Waals surface area contributed by atoms with E-state index in [4.69, 9.17) is 4.74 Å². The standard InChI is InChI=1S/C19H21NO2S/c1-14(23-17-11-9-16(22-2)10-12-17)19(21)20-13-5-7-15-6-3-4-8-18(15)20/h3-4,6,8-12,14H,5,7,13H2,1-2H3. The lowest BCUT2D eigenvalue weighted by molar-refractivity contribution is -0.117. The number of hydrogen-bond acceptors (Lipinski definition) is 3. The van der Waals surface area contributed by atoms with Crippen LogP contribution in [0.5, 0.6) is 5.75 Å². The highest BCUT2D eigenvalue weighted by Gasteiger charge is 2.26. The van der Waals surface area contributed by atoms with Crippen molar-refractivity contribution in [2.45, 2.75) is 29.9 Å². The van der Waals surface area contributed by atoms with Gasteiger partial charge in [0.25, 0.3) is 0 Å². The van der Waals surface area contributed by atoms with Gasteiger partial charge in [0.2, 0.25) is 5.91 Å². The van der Waals surface area contributed by atoms with Gasteiger partial charge >= 0.3 is 0 Å². The van der Waals surface area contributed by atoms with Gasteiger partial charge in [-0.15, -0.1) is 11.8 Å².